The van der Waals surface area contributed by atoms with Gasteiger partial charge in [0.25, 0.3) is 0 Å². The second-order valence-electron chi connectivity index (χ2n) is 5.79. The molecule has 5 nitrogen and oxygen atoms in total. The average molecular weight is 329 g/mol. The molecule has 3 rings (SSSR count). The average Bonchev–Trinajstić information content (AvgIpc) is 2.61. The lowest BCUT2D eigenvalue weighted by Gasteiger charge is -2.21. The summed E-state index contributed by atoms with van der Waals surface area (Å²) >= 11 is 0. The van der Waals surface area contributed by atoms with Gasteiger partial charge in [0.1, 0.15) is 5.75 Å². The van der Waals surface area contributed by atoms with Gasteiger partial charge in [0.05, 0.1) is 7.11 Å². The molecule has 0 aliphatic heterocycles. The number of aliphatic hydroxyl groups is 1. The number of ether oxygens (including phenoxy) is 1. The van der Waals surface area contributed by atoms with Gasteiger partial charge in [0.2, 0.25) is 0 Å². The maximum absolute atomic E-state index is 10.2. The van der Waals surface area contributed by atoms with Crippen molar-refractivity contribution in [1.29, 1.82) is 0 Å². The van der Waals surface area contributed by atoms with E-state index >= 15 is 0 Å². The highest BCUT2D eigenvalue weighted by molar-refractivity contribution is 5.73. The zero-order valence-corrected chi connectivity index (χ0v) is 13.7. The Kier molecular flexibility index (Phi) is 6.35. The predicted octanol–water partition coefficient (Wildman–Crippen LogP) is 2.32. The van der Waals surface area contributed by atoms with E-state index in [4.69, 9.17) is 20.7 Å². The van der Waals surface area contributed by atoms with Crippen LogP contribution in [0.2, 0.25) is 0 Å². The van der Waals surface area contributed by atoms with Crippen LogP contribution in [0.1, 0.15) is 29.2 Å². The molecule has 0 saturated carbocycles. The first-order valence-electron chi connectivity index (χ1n) is 7.88. The van der Waals surface area contributed by atoms with E-state index in [1.54, 1.807) is 37.4 Å². The molecule has 0 amide bonds. The number of hydrogen-bond acceptors (Lipinski definition) is 4. The second kappa shape index (κ2) is 8.47. The molecular formula is C19H23NO4. The summed E-state index contributed by atoms with van der Waals surface area (Å²) in [5.74, 6) is -0.288. The summed E-state index contributed by atoms with van der Waals surface area (Å²) in [5.41, 5.74) is 9.10. The molecule has 5 heteroatoms. The highest BCUT2D eigenvalue weighted by Crippen LogP contribution is 2.24. The van der Waals surface area contributed by atoms with Gasteiger partial charge >= 0.3 is 5.97 Å². The largest absolute Gasteiger partial charge is 0.497 e. The standard InChI is InChI=1S/C11H15NO.C8H8O3/c1-13-11-5-3-8-2-4-10(12)6-9(8)7-11;9-7(8(10)11)6-4-2-1-3-5-6/h3,5,7,10H,2,4,6,12H2,1H3;1-5,7,9H,(H,10,11). The minimum absolute atomic E-state index is 0.333. The van der Waals surface area contributed by atoms with Gasteiger partial charge in [-0.2, -0.15) is 0 Å². The molecule has 0 fully saturated rings. The zero-order chi connectivity index (χ0) is 17.5. The molecule has 1 aliphatic carbocycles. The van der Waals surface area contributed by atoms with E-state index in [0.29, 0.717) is 11.6 Å². The topological polar surface area (TPSA) is 92.8 Å². The number of nitrogens with two attached hydrogens (primary N) is 1. The summed E-state index contributed by atoms with van der Waals surface area (Å²) in [6.45, 7) is 0. The Bertz CT molecular complexity index is 672. The first-order chi connectivity index (χ1) is 11.5. The molecule has 0 aromatic heterocycles. The number of hydrogen-bond donors (Lipinski definition) is 3. The van der Waals surface area contributed by atoms with Gasteiger partial charge in [0, 0.05) is 6.04 Å². The van der Waals surface area contributed by atoms with Gasteiger partial charge in [-0.25, -0.2) is 4.79 Å². The Balaban J connectivity index is 0.000000177. The number of carboxylic acids is 1. The summed E-state index contributed by atoms with van der Waals surface area (Å²) in [7, 11) is 1.70. The van der Waals surface area contributed by atoms with E-state index in [9.17, 15) is 4.79 Å². The number of carbonyl (C=O) groups is 1. The van der Waals surface area contributed by atoms with Crippen LogP contribution in [0.3, 0.4) is 0 Å². The van der Waals surface area contributed by atoms with Crippen molar-refractivity contribution in [1.82, 2.24) is 0 Å². The third kappa shape index (κ3) is 4.81. The van der Waals surface area contributed by atoms with Crippen LogP contribution in [0.5, 0.6) is 5.75 Å². The Morgan fingerprint density at radius 3 is 2.54 bits per heavy atom. The van der Waals surface area contributed by atoms with Gasteiger partial charge in [0.15, 0.2) is 6.10 Å². The maximum Gasteiger partial charge on any atom is 0.337 e. The molecule has 2 aromatic rings. The van der Waals surface area contributed by atoms with E-state index < -0.39 is 12.1 Å². The normalized spacial score (nSPS) is 17.0. The minimum Gasteiger partial charge on any atom is -0.497 e. The zero-order valence-electron chi connectivity index (χ0n) is 13.7. The third-order valence-corrected chi connectivity index (χ3v) is 4.03. The quantitative estimate of drug-likeness (QED) is 0.803. The molecule has 1 aliphatic rings. The molecule has 0 spiro atoms. The first kappa shape index (κ1) is 18.0. The van der Waals surface area contributed by atoms with E-state index in [1.807, 2.05) is 6.07 Å². The fourth-order valence-corrected chi connectivity index (χ4v) is 2.67. The highest BCUT2D eigenvalue weighted by Gasteiger charge is 2.15. The molecule has 128 valence electrons. The van der Waals surface area contributed by atoms with Crippen LogP contribution < -0.4 is 10.5 Å². The van der Waals surface area contributed by atoms with Gasteiger partial charge in [-0.1, -0.05) is 36.4 Å². The number of aryl methyl sites for hydroxylation is 1. The van der Waals surface area contributed by atoms with Crippen molar-refractivity contribution in [3.8, 4) is 5.75 Å². The number of benzene rings is 2. The first-order valence-corrected chi connectivity index (χ1v) is 7.88. The molecule has 24 heavy (non-hydrogen) atoms. The monoisotopic (exact) mass is 329 g/mol. The van der Waals surface area contributed by atoms with Crippen LogP contribution in [0.25, 0.3) is 0 Å². The summed E-state index contributed by atoms with van der Waals surface area (Å²) < 4.78 is 5.17. The number of methoxy groups -OCH3 is 1. The van der Waals surface area contributed by atoms with Crippen LogP contribution in [0, 0.1) is 0 Å². The molecular weight excluding hydrogens is 306 g/mol. The number of carboxylic acid groups (broad SMARTS) is 1. The van der Waals surface area contributed by atoms with Crippen molar-refractivity contribution < 1.29 is 19.7 Å². The summed E-state index contributed by atoms with van der Waals surface area (Å²) in [4.78, 5) is 10.2. The Labute approximate surface area is 141 Å². The van der Waals surface area contributed by atoms with Crippen LogP contribution >= 0.6 is 0 Å². The number of rotatable bonds is 3. The third-order valence-electron chi connectivity index (χ3n) is 4.03. The van der Waals surface area contributed by atoms with Crippen molar-refractivity contribution in [3.63, 3.8) is 0 Å². The van der Waals surface area contributed by atoms with Crippen LogP contribution in [0.4, 0.5) is 0 Å². The van der Waals surface area contributed by atoms with Crippen molar-refractivity contribution in [3.05, 3.63) is 65.2 Å². The Hall–Kier alpha value is -2.37. The Morgan fingerprint density at radius 1 is 1.21 bits per heavy atom. The van der Waals surface area contributed by atoms with Crippen LogP contribution in [-0.2, 0) is 17.6 Å². The predicted molar refractivity (Wildman–Crippen MR) is 92.0 cm³/mol. The maximum atomic E-state index is 10.2. The SMILES string of the molecule is COc1ccc2c(c1)CC(N)CC2.O=C(O)C(O)c1ccccc1. The highest BCUT2D eigenvalue weighted by atomic mass is 16.5. The summed E-state index contributed by atoms with van der Waals surface area (Å²) in [6, 6.07) is 14.9. The van der Waals surface area contributed by atoms with Gasteiger partial charge in [-0.3, -0.25) is 0 Å². The lowest BCUT2D eigenvalue weighted by atomic mass is 9.89. The van der Waals surface area contributed by atoms with Crippen LogP contribution in [0.15, 0.2) is 48.5 Å². The Morgan fingerprint density at radius 2 is 1.92 bits per heavy atom. The molecule has 0 bridgehead atoms. The van der Waals surface area contributed by atoms with Crippen molar-refractivity contribution in [2.45, 2.75) is 31.4 Å². The number of aliphatic hydroxyl groups excluding tert-OH is 1. The van der Waals surface area contributed by atoms with Crippen molar-refractivity contribution in [2.75, 3.05) is 7.11 Å². The second-order valence-corrected chi connectivity index (χ2v) is 5.79. The van der Waals surface area contributed by atoms with Gasteiger partial charge in [-0.15, -0.1) is 0 Å². The lowest BCUT2D eigenvalue weighted by Crippen LogP contribution is -2.27. The molecule has 4 N–H and O–H groups in total. The molecule has 0 heterocycles. The molecule has 2 aromatic carbocycles. The summed E-state index contributed by atoms with van der Waals surface area (Å²) in [6.07, 6.45) is 1.81. The number of fused-ring (bicyclic) bond motifs is 1. The molecule has 0 saturated heterocycles. The van der Waals surface area contributed by atoms with Crippen LogP contribution in [-0.4, -0.2) is 29.3 Å². The molecule has 0 radical (unpaired) electrons. The fourth-order valence-electron chi connectivity index (χ4n) is 2.67. The van der Waals surface area contributed by atoms with Crippen molar-refractivity contribution >= 4 is 5.97 Å². The summed E-state index contributed by atoms with van der Waals surface area (Å²) in [5, 5.41) is 17.4. The number of aliphatic carboxylic acids is 1. The molecule has 2 atom stereocenters. The van der Waals surface area contributed by atoms with Crippen molar-refractivity contribution in [2.24, 2.45) is 5.73 Å². The smallest absolute Gasteiger partial charge is 0.337 e. The van der Waals surface area contributed by atoms with E-state index in [1.165, 1.54) is 11.1 Å². The van der Waals surface area contributed by atoms with E-state index in [2.05, 4.69) is 12.1 Å². The van der Waals surface area contributed by atoms with Gasteiger partial charge < -0.3 is 20.7 Å². The minimum atomic E-state index is -1.41. The lowest BCUT2D eigenvalue weighted by molar-refractivity contribution is -0.146. The van der Waals surface area contributed by atoms with E-state index in [-0.39, 0.29) is 0 Å². The van der Waals surface area contributed by atoms with Gasteiger partial charge in [-0.05, 0) is 48.1 Å². The fraction of sp³-hybridized carbons (Fsp3) is 0.316. The molecule has 2 unspecified atom stereocenters. The van der Waals surface area contributed by atoms with E-state index in [0.717, 1.165) is 25.0 Å².